The fourth-order valence-corrected chi connectivity index (χ4v) is 3.09. The Morgan fingerprint density at radius 2 is 1.69 bits per heavy atom. The number of benzene rings is 2. The van der Waals surface area contributed by atoms with E-state index in [4.69, 9.17) is 4.42 Å². The monoisotopic (exact) mass is 426 g/mol. The molecule has 0 atom stereocenters. The van der Waals surface area contributed by atoms with Gasteiger partial charge < -0.3 is 15.1 Å². The van der Waals surface area contributed by atoms with Crippen molar-refractivity contribution in [3.63, 3.8) is 0 Å². The second-order valence-corrected chi connectivity index (χ2v) is 7.11. The van der Waals surface area contributed by atoms with Gasteiger partial charge in [0.25, 0.3) is 11.8 Å². The summed E-state index contributed by atoms with van der Waals surface area (Å²) in [5.41, 5.74) is 2.53. The van der Waals surface area contributed by atoms with Crippen LogP contribution in [0.25, 0.3) is 6.08 Å². The number of aromatic nitrogens is 2. The van der Waals surface area contributed by atoms with E-state index in [1.54, 1.807) is 42.6 Å². The molecule has 0 aliphatic carbocycles. The molecule has 0 aliphatic rings. The van der Waals surface area contributed by atoms with Gasteiger partial charge in [0.1, 0.15) is 11.5 Å². The van der Waals surface area contributed by atoms with E-state index in [9.17, 15) is 9.59 Å². The topological polar surface area (TPSA) is 89.2 Å². The van der Waals surface area contributed by atoms with Gasteiger partial charge in [0.05, 0.1) is 19.0 Å². The summed E-state index contributed by atoms with van der Waals surface area (Å²) in [7, 11) is 0. The van der Waals surface area contributed by atoms with E-state index in [0.29, 0.717) is 17.9 Å². The Morgan fingerprint density at radius 1 is 0.938 bits per heavy atom. The van der Waals surface area contributed by atoms with Gasteiger partial charge in [-0.25, -0.2) is 0 Å². The van der Waals surface area contributed by atoms with E-state index in [0.717, 1.165) is 11.1 Å². The molecule has 7 nitrogen and oxygen atoms in total. The highest BCUT2D eigenvalue weighted by Gasteiger charge is 2.15. The van der Waals surface area contributed by atoms with E-state index in [1.165, 1.54) is 12.3 Å². The third-order valence-corrected chi connectivity index (χ3v) is 4.69. The molecule has 4 rings (SSSR count). The van der Waals surface area contributed by atoms with Crippen LogP contribution in [0.15, 0.2) is 102 Å². The van der Waals surface area contributed by atoms with E-state index in [1.807, 2.05) is 47.3 Å². The first-order valence-corrected chi connectivity index (χ1v) is 10.1. The molecule has 0 saturated heterocycles. The third kappa shape index (κ3) is 5.60. The lowest BCUT2D eigenvalue weighted by Crippen LogP contribution is -2.34. The highest BCUT2D eigenvalue weighted by atomic mass is 16.3. The van der Waals surface area contributed by atoms with Crippen molar-refractivity contribution in [2.75, 3.05) is 0 Å². The van der Waals surface area contributed by atoms with Crippen LogP contribution in [-0.2, 0) is 17.9 Å². The molecule has 0 fully saturated rings. The second kappa shape index (κ2) is 10.1. The third-order valence-electron chi connectivity index (χ3n) is 4.69. The maximum absolute atomic E-state index is 12.8. The summed E-state index contributed by atoms with van der Waals surface area (Å²) in [6, 6.07) is 22.1. The van der Waals surface area contributed by atoms with E-state index in [2.05, 4.69) is 15.7 Å². The maximum atomic E-state index is 12.8. The summed E-state index contributed by atoms with van der Waals surface area (Å²) < 4.78 is 7.12. The summed E-state index contributed by atoms with van der Waals surface area (Å²) in [6.45, 7) is 0.913. The van der Waals surface area contributed by atoms with Crippen LogP contribution in [0, 0.1) is 0 Å². The number of amides is 2. The molecule has 160 valence electrons. The van der Waals surface area contributed by atoms with Gasteiger partial charge in [0.2, 0.25) is 0 Å². The molecule has 32 heavy (non-hydrogen) atoms. The number of carbonyl (C=O) groups is 2. The van der Waals surface area contributed by atoms with E-state index in [-0.39, 0.29) is 18.1 Å². The summed E-state index contributed by atoms with van der Waals surface area (Å²) in [6.07, 6.45) is 6.59. The van der Waals surface area contributed by atoms with Crippen molar-refractivity contribution in [1.29, 1.82) is 0 Å². The fraction of sp³-hybridized carbons (Fsp3) is 0.0800. The summed E-state index contributed by atoms with van der Waals surface area (Å²) in [5, 5.41) is 9.85. The molecule has 0 saturated carbocycles. The SMILES string of the molecule is O=C(NCc1cnn(Cc2ccccc2)c1)/C(=C/c1ccco1)NC(=O)c1ccccc1. The minimum absolute atomic E-state index is 0.0884. The number of carbonyl (C=O) groups excluding carboxylic acids is 2. The van der Waals surface area contributed by atoms with Crippen molar-refractivity contribution in [2.24, 2.45) is 0 Å². The molecule has 2 aromatic carbocycles. The van der Waals surface area contributed by atoms with Gasteiger partial charge in [-0.05, 0) is 29.8 Å². The second-order valence-electron chi connectivity index (χ2n) is 7.11. The lowest BCUT2D eigenvalue weighted by atomic mass is 10.2. The first-order chi connectivity index (χ1) is 15.7. The molecular formula is C25H22N4O3. The largest absolute Gasteiger partial charge is 0.465 e. The molecule has 2 amide bonds. The summed E-state index contributed by atoms with van der Waals surface area (Å²) >= 11 is 0. The minimum Gasteiger partial charge on any atom is -0.465 e. The lowest BCUT2D eigenvalue weighted by Gasteiger charge is -2.10. The molecule has 2 N–H and O–H groups in total. The zero-order valence-electron chi connectivity index (χ0n) is 17.3. The van der Waals surface area contributed by atoms with Crippen molar-refractivity contribution in [3.05, 3.63) is 120 Å². The fourth-order valence-electron chi connectivity index (χ4n) is 3.09. The molecule has 7 heteroatoms. The Kier molecular flexibility index (Phi) is 6.57. The van der Waals surface area contributed by atoms with Gasteiger partial charge >= 0.3 is 0 Å². The quantitative estimate of drug-likeness (QED) is 0.421. The van der Waals surface area contributed by atoms with Gasteiger partial charge in [0.15, 0.2) is 0 Å². The Labute approximate surface area is 185 Å². The normalized spacial score (nSPS) is 11.2. The average molecular weight is 426 g/mol. The number of hydrogen-bond acceptors (Lipinski definition) is 4. The average Bonchev–Trinajstić information content (AvgIpc) is 3.50. The van der Waals surface area contributed by atoms with Gasteiger partial charge in [-0.1, -0.05) is 48.5 Å². The molecule has 2 heterocycles. The highest BCUT2D eigenvalue weighted by Crippen LogP contribution is 2.09. The molecule has 0 bridgehead atoms. The molecular weight excluding hydrogens is 404 g/mol. The lowest BCUT2D eigenvalue weighted by molar-refractivity contribution is -0.117. The smallest absolute Gasteiger partial charge is 0.268 e. The standard InChI is InChI=1S/C25H22N4O3/c30-24(21-10-5-2-6-11-21)28-23(14-22-12-7-13-32-22)25(31)26-15-20-16-27-29(18-20)17-19-8-3-1-4-9-19/h1-14,16,18H,15,17H2,(H,26,31)(H,28,30)/b23-14-. The number of nitrogens with zero attached hydrogens (tertiary/aromatic N) is 2. The van der Waals surface area contributed by atoms with E-state index >= 15 is 0 Å². The molecule has 0 spiro atoms. The first-order valence-electron chi connectivity index (χ1n) is 10.1. The van der Waals surface area contributed by atoms with Gasteiger partial charge in [-0.15, -0.1) is 0 Å². The molecule has 4 aromatic rings. The minimum atomic E-state index is -0.429. The van der Waals surface area contributed by atoms with Crippen molar-refractivity contribution in [3.8, 4) is 0 Å². The predicted octanol–water partition coefficient (Wildman–Crippen LogP) is 3.61. The van der Waals surface area contributed by atoms with Crippen LogP contribution in [0.4, 0.5) is 0 Å². The van der Waals surface area contributed by atoms with Crippen LogP contribution >= 0.6 is 0 Å². The van der Waals surface area contributed by atoms with Crippen molar-refractivity contribution >= 4 is 17.9 Å². The Balaban J connectivity index is 1.42. The number of rotatable bonds is 8. The van der Waals surface area contributed by atoms with Crippen molar-refractivity contribution < 1.29 is 14.0 Å². The molecule has 0 radical (unpaired) electrons. The summed E-state index contributed by atoms with van der Waals surface area (Å²) in [5.74, 6) is -0.352. The number of hydrogen-bond donors (Lipinski definition) is 2. The van der Waals surface area contributed by atoms with Crippen LogP contribution in [0.5, 0.6) is 0 Å². The zero-order valence-corrected chi connectivity index (χ0v) is 17.3. The molecule has 2 aromatic heterocycles. The van der Waals surface area contributed by atoms with Crippen LogP contribution in [0.2, 0.25) is 0 Å². The number of furan rings is 1. The first kappa shape index (κ1) is 20.9. The molecule has 0 aliphatic heterocycles. The number of nitrogens with one attached hydrogen (secondary N) is 2. The zero-order chi connectivity index (χ0) is 22.2. The van der Waals surface area contributed by atoms with Crippen LogP contribution in [0.1, 0.15) is 27.2 Å². The van der Waals surface area contributed by atoms with Gasteiger partial charge in [-0.2, -0.15) is 5.10 Å². The van der Waals surface area contributed by atoms with Crippen LogP contribution < -0.4 is 10.6 Å². The Hall–Kier alpha value is -4.39. The maximum Gasteiger partial charge on any atom is 0.268 e. The molecule has 0 unspecified atom stereocenters. The van der Waals surface area contributed by atoms with E-state index < -0.39 is 5.91 Å². The van der Waals surface area contributed by atoms with Crippen molar-refractivity contribution in [2.45, 2.75) is 13.1 Å². The Bertz CT molecular complexity index is 1200. The van der Waals surface area contributed by atoms with Crippen molar-refractivity contribution in [1.82, 2.24) is 20.4 Å². The summed E-state index contributed by atoms with van der Waals surface area (Å²) in [4.78, 5) is 25.4. The predicted molar refractivity (Wildman–Crippen MR) is 120 cm³/mol. The van der Waals surface area contributed by atoms with Gasteiger partial charge in [-0.3, -0.25) is 14.3 Å². The van der Waals surface area contributed by atoms with Crippen LogP contribution in [-0.4, -0.2) is 21.6 Å². The van der Waals surface area contributed by atoms with Crippen LogP contribution in [0.3, 0.4) is 0 Å². The highest BCUT2D eigenvalue weighted by molar-refractivity contribution is 6.05. The van der Waals surface area contributed by atoms with Gasteiger partial charge in [0, 0.05) is 29.9 Å². The Morgan fingerprint density at radius 3 is 2.41 bits per heavy atom.